The summed E-state index contributed by atoms with van der Waals surface area (Å²) in [6, 6.07) is 7.86. The third kappa shape index (κ3) is 4.59. The maximum Gasteiger partial charge on any atom is 0.0550 e. The topological polar surface area (TPSA) is 40.5 Å². The first-order chi connectivity index (χ1) is 9.20. The number of aliphatic hydroxyl groups is 2. The molecule has 2 nitrogen and oxygen atoms in total. The van der Waals surface area contributed by atoms with E-state index < -0.39 is 5.41 Å². The van der Waals surface area contributed by atoms with Gasteiger partial charge in [-0.3, -0.25) is 0 Å². The molecule has 0 aliphatic rings. The average Bonchev–Trinajstić information content (AvgIpc) is 2.44. The van der Waals surface area contributed by atoms with Crippen molar-refractivity contribution in [3.63, 3.8) is 0 Å². The van der Waals surface area contributed by atoms with Crippen LogP contribution in [-0.4, -0.2) is 23.4 Å². The van der Waals surface area contributed by atoms with Crippen LogP contribution in [0.1, 0.15) is 51.0 Å². The molecule has 0 radical (unpaired) electrons. The molecule has 19 heavy (non-hydrogen) atoms. The minimum Gasteiger partial charge on any atom is -0.395 e. The molecule has 1 aromatic carbocycles. The number of unbranched alkanes of at least 4 members (excludes halogenated alkanes) is 4. The Kier molecular flexibility index (Phi) is 7.66. The lowest BCUT2D eigenvalue weighted by atomic mass is 9.77. The Morgan fingerprint density at radius 1 is 1.00 bits per heavy atom. The molecule has 0 bridgehead atoms. The highest BCUT2D eigenvalue weighted by Gasteiger charge is 2.32. The van der Waals surface area contributed by atoms with Gasteiger partial charge in [0.2, 0.25) is 0 Å². The van der Waals surface area contributed by atoms with Gasteiger partial charge in [-0.05, 0) is 18.1 Å². The van der Waals surface area contributed by atoms with Crippen molar-refractivity contribution < 1.29 is 10.2 Å². The standard InChI is InChI=1S/C16H25BrO2/c1-2-3-4-5-8-11-16(12-18,13-19)14-9-6-7-10-15(14)17/h6-7,9-10,18-19H,2-5,8,11-13H2,1H3. The summed E-state index contributed by atoms with van der Waals surface area (Å²) < 4.78 is 0.964. The van der Waals surface area contributed by atoms with Crippen LogP contribution in [0.5, 0.6) is 0 Å². The number of aliphatic hydroxyl groups excluding tert-OH is 2. The molecule has 0 heterocycles. The third-order valence-electron chi connectivity index (χ3n) is 3.81. The van der Waals surface area contributed by atoms with E-state index >= 15 is 0 Å². The highest BCUT2D eigenvalue weighted by Crippen LogP contribution is 2.34. The predicted octanol–water partition coefficient (Wildman–Crippen LogP) is 4.03. The molecule has 2 N–H and O–H groups in total. The van der Waals surface area contributed by atoms with Gasteiger partial charge in [0.15, 0.2) is 0 Å². The lowest BCUT2D eigenvalue weighted by Gasteiger charge is -2.31. The van der Waals surface area contributed by atoms with Crippen LogP contribution in [-0.2, 0) is 5.41 Å². The molecule has 3 heteroatoms. The Morgan fingerprint density at radius 2 is 1.63 bits per heavy atom. The van der Waals surface area contributed by atoms with Gasteiger partial charge in [0, 0.05) is 9.89 Å². The molecule has 0 fully saturated rings. The van der Waals surface area contributed by atoms with Crippen LogP contribution in [0.25, 0.3) is 0 Å². The van der Waals surface area contributed by atoms with Crippen molar-refractivity contribution >= 4 is 15.9 Å². The van der Waals surface area contributed by atoms with Crippen molar-refractivity contribution in [3.05, 3.63) is 34.3 Å². The molecular formula is C16H25BrO2. The van der Waals surface area contributed by atoms with E-state index in [1.807, 2.05) is 24.3 Å². The normalized spacial score (nSPS) is 11.8. The fourth-order valence-electron chi connectivity index (χ4n) is 2.47. The maximum atomic E-state index is 9.78. The van der Waals surface area contributed by atoms with Crippen molar-refractivity contribution in [2.75, 3.05) is 13.2 Å². The molecular weight excluding hydrogens is 304 g/mol. The Balaban J connectivity index is 2.71. The first-order valence-electron chi connectivity index (χ1n) is 7.17. The van der Waals surface area contributed by atoms with E-state index in [1.54, 1.807) is 0 Å². The molecule has 108 valence electrons. The van der Waals surface area contributed by atoms with Crippen LogP contribution in [0, 0.1) is 0 Å². The first-order valence-corrected chi connectivity index (χ1v) is 7.96. The van der Waals surface area contributed by atoms with Crippen LogP contribution in [0.4, 0.5) is 0 Å². The molecule has 0 unspecified atom stereocenters. The second kappa shape index (κ2) is 8.72. The van der Waals surface area contributed by atoms with Gasteiger partial charge in [-0.15, -0.1) is 0 Å². The molecule has 0 aromatic heterocycles. The van der Waals surface area contributed by atoms with Crippen LogP contribution >= 0.6 is 15.9 Å². The van der Waals surface area contributed by atoms with E-state index in [9.17, 15) is 10.2 Å². The second-order valence-corrected chi connectivity index (χ2v) is 6.09. The SMILES string of the molecule is CCCCCCCC(CO)(CO)c1ccccc1Br. The Hall–Kier alpha value is -0.380. The van der Waals surface area contributed by atoms with Crippen LogP contribution in [0.3, 0.4) is 0 Å². The summed E-state index contributed by atoms with van der Waals surface area (Å²) in [6.45, 7) is 2.17. The van der Waals surface area contributed by atoms with Gasteiger partial charge in [0.1, 0.15) is 0 Å². The summed E-state index contributed by atoms with van der Waals surface area (Å²) in [6.07, 6.45) is 6.77. The summed E-state index contributed by atoms with van der Waals surface area (Å²) in [5.41, 5.74) is 0.488. The van der Waals surface area contributed by atoms with Crippen LogP contribution in [0.15, 0.2) is 28.7 Å². The van der Waals surface area contributed by atoms with Gasteiger partial charge in [-0.25, -0.2) is 0 Å². The summed E-state index contributed by atoms with van der Waals surface area (Å²) >= 11 is 3.53. The lowest BCUT2D eigenvalue weighted by Crippen LogP contribution is -2.35. The molecule has 0 amide bonds. The number of hydrogen-bond donors (Lipinski definition) is 2. The highest BCUT2D eigenvalue weighted by molar-refractivity contribution is 9.10. The molecule has 1 aromatic rings. The zero-order valence-electron chi connectivity index (χ0n) is 11.7. The fraction of sp³-hybridized carbons (Fsp3) is 0.625. The van der Waals surface area contributed by atoms with E-state index in [1.165, 1.54) is 25.7 Å². The third-order valence-corrected chi connectivity index (χ3v) is 4.50. The van der Waals surface area contributed by atoms with Crippen molar-refractivity contribution in [1.29, 1.82) is 0 Å². The zero-order valence-corrected chi connectivity index (χ0v) is 13.3. The van der Waals surface area contributed by atoms with Gasteiger partial charge >= 0.3 is 0 Å². The zero-order chi connectivity index (χ0) is 14.1. The van der Waals surface area contributed by atoms with Crippen LogP contribution < -0.4 is 0 Å². The van der Waals surface area contributed by atoms with E-state index in [4.69, 9.17) is 0 Å². The molecule has 0 aliphatic carbocycles. The van der Waals surface area contributed by atoms with E-state index in [0.717, 1.165) is 22.9 Å². The number of rotatable bonds is 9. The van der Waals surface area contributed by atoms with Gasteiger partial charge in [-0.1, -0.05) is 73.2 Å². The Bertz CT molecular complexity index is 362. The minimum atomic E-state index is -0.522. The molecule has 0 aliphatic heterocycles. The molecule has 0 spiro atoms. The molecule has 0 saturated carbocycles. The largest absolute Gasteiger partial charge is 0.395 e. The van der Waals surface area contributed by atoms with Gasteiger partial charge in [0.25, 0.3) is 0 Å². The molecule has 0 atom stereocenters. The maximum absolute atomic E-state index is 9.78. The minimum absolute atomic E-state index is 0.0140. The highest BCUT2D eigenvalue weighted by atomic mass is 79.9. The van der Waals surface area contributed by atoms with Crippen molar-refractivity contribution in [2.24, 2.45) is 0 Å². The predicted molar refractivity (Wildman–Crippen MR) is 83.4 cm³/mol. The molecule has 0 saturated heterocycles. The van der Waals surface area contributed by atoms with Gasteiger partial charge in [0.05, 0.1) is 13.2 Å². The summed E-state index contributed by atoms with van der Waals surface area (Å²) in [5.74, 6) is 0. The summed E-state index contributed by atoms with van der Waals surface area (Å²) in [4.78, 5) is 0. The van der Waals surface area contributed by atoms with Crippen LogP contribution in [0.2, 0.25) is 0 Å². The lowest BCUT2D eigenvalue weighted by molar-refractivity contribution is 0.106. The van der Waals surface area contributed by atoms with Crippen molar-refractivity contribution in [1.82, 2.24) is 0 Å². The van der Waals surface area contributed by atoms with E-state index in [0.29, 0.717) is 0 Å². The van der Waals surface area contributed by atoms with Crippen molar-refractivity contribution in [2.45, 2.75) is 50.9 Å². The molecule has 1 rings (SSSR count). The summed E-state index contributed by atoms with van der Waals surface area (Å²) in [7, 11) is 0. The van der Waals surface area contributed by atoms with E-state index in [2.05, 4.69) is 22.9 Å². The number of halogens is 1. The smallest absolute Gasteiger partial charge is 0.0550 e. The van der Waals surface area contributed by atoms with Crippen molar-refractivity contribution in [3.8, 4) is 0 Å². The van der Waals surface area contributed by atoms with Gasteiger partial charge < -0.3 is 10.2 Å². The summed E-state index contributed by atoms with van der Waals surface area (Å²) in [5, 5.41) is 19.6. The number of benzene rings is 1. The average molecular weight is 329 g/mol. The fourth-order valence-corrected chi connectivity index (χ4v) is 3.18. The van der Waals surface area contributed by atoms with Gasteiger partial charge in [-0.2, -0.15) is 0 Å². The number of hydrogen-bond acceptors (Lipinski definition) is 2. The first kappa shape index (κ1) is 16.7. The second-order valence-electron chi connectivity index (χ2n) is 5.24. The Labute approximate surface area is 125 Å². The Morgan fingerprint density at radius 3 is 2.21 bits per heavy atom. The quantitative estimate of drug-likeness (QED) is 0.672. The van der Waals surface area contributed by atoms with E-state index in [-0.39, 0.29) is 13.2 Å². The monoisotopic (exact) mass is 328 g/mol.